The maximum Gasteiger partial charge on any atom is 1.00 e. The molecule has 0 aliphatic rings. The van der Waals surface area contributed by atoms with Gasteiger partial charge in [0.05, 0.1) is 36.8 Å². The number of halogens is 4. The van der Waals surface area contributed by atoms with Gasteiger partial charge in [-0.2, -0.15) is 20.4 Å². The van der Waals surface area contributed by atoms with Gasteiger partial charge in [-0.3, -0.25) is 29.0 Å². The van der Waals surface area contributed by atoms with Gasteiger partial charge in [0.25, 0.3) is 0 Å². The van der Waals surface area contributed by atoms with E-state index in [9.17, 15) is 19.2 Å². The number of rotatable bonds is 10. The van der Waals surface area contributed by atoms with Crippen LogP contribution in [0.5, 0.6) is 0 Å². The Balaban J connectivity index is 0. The summed E-state index contributed by atoms with van der Waals surface area (Å²) in [6.45, 7) is 6.28. The Morgan fingerprint density at radius 1 is 0.642 bits per heavy atom. The van der Waals surface area contributed by atoms with Gasteiger partial charge < -0.3 is 24.8 Å². The van der Waals surface area contributed by atoms with Crippen molar-refractivity contribution in [1.82, 2.24) is 59.5 Å². The molecule has 8 aromatic rings. The first-order valence-corrected chi connectivity index (χ1v) is 20.6. The van der Waals surface area contributed by atoms with Crippen LogP contribution in [0.3, 0.4) is 0 Å². The van der Waals surface area contributed by atoms with Crippen molar-refractivity contribution >= 4 is 114 Å². The molecule has 0 saturated heterocycles. The van der Waals surface area contributed by atoms with Gasteiger partial charge in [-0.1, -0.05) is 38.1 Å². The predicted molar refractivity (Wildman–Crippen MR) is 252 cm³/mol. The van der Waals surface area contributed by atoms with Crippen LogP contribution in [-0.2, 0) is 53.0 Å². The Kier molecular flexibility index (Phi) is 32.4. The number of carboxylic acid groups (broad SMARTS) is 1. The second-order valence-electron chi connectivity index (χ2n) is 11.6. The molecule has 0 amide bonds. The van der Waals surface area contributed by atoms with Crippen LogP contribution >= 0.6 is 46.4 Å². The molecule has 0 aliphatic heterocycles. The van der Waals surface area contributed by atoms with Crippen LogP contribution in [0.4, 0.5) is 0 Å². The molecular formula is C41H51Cl4LiN12O9. The Hall–Kier alpha value is -5.92. The van der Waals surface area contributed by atoms with Crippen molar-refractivity contribution in [3.05, 3.63) is 96.0 Å². The van der Waals surface area contributed by atoms with Crippen LogP contribution in [-0.4, -0.2) is 126 Å². The van der Waals surface area contributed by atoms with E-state index in [1.807, 2.05) is 24.3 Å². The summed E-state index contributed by atoms with van der Waals surface area (Å²) in [6.07, 6.45) is 11.6. The number of hydrogen-bond donors (Lipinski definition) is 2. The van der Waals surface area contributed by atoms with Crippen LogP contribution in [0.25, 0.3) is 44.1 Å². The fraction of sp³-hybridized carbons (Fsp3) is 0.317. The number of ether oxygens (including phenoxy) is 3. The summed E-state index contributed by atoms with van der Waals surface area (Å²) < 4.78 is 18.2. The number of H-pyrrole nitrogens is 1. The second kappa shape index (κ2) is 34.4. The number of carboxylic acids is 1. The van der Waals surface area contributed by atoms with E-state index in [1.54, 1.807) is 82.2 Å². The molecule has 3 N–H and O–H groups in total. The van der Waals surface area contributed by atoms with E-state index in [2.05, 4.69) is 61.8 Å². The van der Waals surface area contributed by atoms with E-state index in [-0.39, 0.29) is 82.6 Å². The molecule has 0 bridgehead atoms. The summed E-state index contributed by atoms with van der Waals surface area (Å²) in [5, 5.41) is 31.4. The molecule has 0 atom stereocenters. The molecular weight excluding hydrogens is 953 g/mol. The van der Waals surface area contributed by atoms with Crippen LogP contribution < -0.4 is 18.9 Å². The molecule has 0 aromatic carbocycles. The maximum absolute atomic E-state index is 11.3. The number of carbonyl (C=O) groups excluding carboxylic acids is 3. The zero-order valence-electron chi connectivity index (χ0n) is 35.7. The third kappa shape index (κ3) is 20.6. The molecule has 0 saturated carbocycles. The predicted octanol–water partition coefficient (Wildman–Crippen LogP) is 4.51. The number of carbonyl (C=O) groups is 4. The van der Waals surface area contributed by atoms with Crippen molar-refractivity contribution in [2.75, 3.05) is 32.1 Å². The fourth-order valence-electron chi connectivity index (χ4n) is 4.84. The Morgan fingerprint density at radius 2 is 1.09 bits per heavy atom. The number of esters is 3. The number of hydrogen-bond acceptors (Lipinski definition) is 16. The van der Waals surface area contributed by atoms with E-state index in [0.29, 0.717) is 52.5 Å². The zero-order chi connectivity index (χ0) is 46.1. The monoisotopic (exact) mass is 1000 g/mol. The first kappa shape index (κ1) is 63.2. The molecule has 8 aromatic heterocycles. The largest absolute Gasteiger partial charge is 1.00 e. The quantitative estimate of drug-likeness (QED) is 0.0825. The summed E-state index contributed by atoms with van der Waals surface area (Å²) in [5.41, 5.74) is 2.47. The SMILES string of the molecule is C.C.CCOC(=O)CCl.CCOC(=O)Cn1cc2cccnc2n1.CCOC(=O)Cn1nc2ncccc2c1Cl.CCl.O=C(O)Cn1nc2ncccc2c1Cl.[Li+].[OH-].c1cnc2[nH]ncc2c1. The number of aliphatic carboxylic acids is 1. The summed E-state index contributed by atoms with van der Waals surface area (Å²) in [5.74, 6) is -2.04. The van der Waals surface area contributed by atoms with Crippen molar-refractivity contribution in [3.63, 3.8) is 0 Å². The second-order valence-corrected chi connectivity index (χ2v) is 12.6. The van der Waals surface area contributed by atoms with Gasteiger partial charge in [-0.05, 0) is 69.3 Å². The first-order chi connectivity index (χ1) is 30.5. The molecule has 0 spiro atoms. The minimum atomic E-state index is -0.986. The van der Waals surface area contributed by atoms with Crippen molar-refractivity contribution < 1.29 is 62.8 Å². The topological polar surface area (TPSA) is 280 Å². The normalized spacial score (nSPS) is 9.43. The van der Waals surface area contributed by atoms with Crippen LogP contribution in [0.2, 0.25) is 10.3 Å². The molecule has 358 valence electrons. The van der Waals surface area contributed by atoms with E-state index in [0.717, 1.165) is 21.8 Å². The summed E-state index contributed by atoms with van der Waals surface area (Å²) >= 11 is 21.6. The van der Waals surface area contributed by atoms with Gasteiger partial charge in [0, 0.05) is 48.1 Å². The van der Waals surface area contributed by atoms with E-state index in [1.165, 1.54) is 20.4 Å². The van der Waals surface area contributed by atoms with Crippen LogP contribution in [0.15, 0.2) is 85.7 Å². The average molecular weight is 1000 g/mol. The van der Waals surface area contributed by atoms with Crippen molar-refractivity contribution in [2.45, 2.75) is 55.3 Å². The van der Waals surface area contributed by atoms with Gasteiger partial charge in [-0.25, -0.2) is 29.3 Å². The third-order valence-corrected chi connectivity index (χ3v) is 8.34. The van der Waals surface area contributed by atoms with Crippen LogP contribution in [0, 0.1) is 0 Å². The van der Waals surface area contributed by atoms with Gasteiger partial charge in [0.1, 0.15) is 35.8 Å². The smallest absolute Gasteiger partial charge is 0.870 e. The number of alkyl halides is 2. The molecule has 0 unspecified atom stereocenters. The number of nitrogens with zero attached hydrogens (tertiary/aromatic N) is 11. The maximum atomic E-state index is 11.3. The average Bonchev–Trinajstić information content (AvgIpc) is 4.07. The standard InChI is InChI=1S/C10H10ClN3O2.C10H11N3O2.C8H6ClN3O2.C6H5N3.C4H7ClO2.CH3Cl.2CH4.Li.H2O/c1-2-16-8(15)6-14-9(11)7-4-3-5-12-10(7)13-14;1-2-15-9(14)7-13-6-8-4-3-5-11-10(8)12-13;9-7-5-2-1-3-10-8(5)11-12(7)4-6(13)14;1-2-5-4-8-9-6(5)7-3-1;1-2-7-4(6)3-5;1-2;;;;/h3-5H,2,6H2,1H3;3-6H,2,7H2,1H3;1-3H,4H2,(H,13,14);1-4H,(H,7,8,9);2-3H2,1H3;1H3;2*1H4;;1H2/q;;;;;;;;+1;/p-1. The van der Waals surface area contributed by atoms with Gasteiger partial charge in [0.2, 0.25) is 0 Å². The number of aromatic amines is 1. The summed E-state index contributed by atoms with van der Waals surface area (Å²) in [7, 11) is 0. The Bertz CT molecular complexity index is 2620. The minimum absolute atomic E-state index is 0. The Labute approximate surface area is 417 Å². The molecule has 8 heterocycles. The van der Waals surface area contributed by atoms with E-state index in [4.69, 9.17) is 49.4 Å². The number of fused-ring (bicyclic) bond motifs is 4. The number of aromatic nitrogens is 12. The molecule has 26 heteroatoms. The van der Waals surface area contributed by atoms with E-state index < -0.39 is 5.97 Å². The minimum Gasteiger partial charge on any atom is -0.870 e. The molecule has 8 rings (SSSR count). The summed E-state index contributed by atoms with van der Waals surface area (Å²) in [6, 6.07) is 14.6. The molecule has 67 heavy (non-hydrogen) atoms. The van der Waals surface area contributed by atoms with Gasteiger partial charge in [-0.15, -0.1) is 23.2 Å². The van der Waals surface area contributed by atoms with Crippen molar-refractivity contribution in [2.24, 2.45) is 0 Å². The third-order valence-electron chi connectivity index (χ3n) is 7.32. The molecule has 21 nitrogen and oxygen atoms in total. The zero-order valence-corrected chi connectivity index (χ0v) is 38.7. The van der Waals surface area contributed by atoms with Crippen LogP contribution in [0.1, 0.15) is 35.6 Å². The number of pyridine rings is 4. The van der Waals surface area contributed by atoms with Gasteiger partial charge in [0.15, 0.2) is 22.6 Å². The fourth-order valence-corrected chi connectivity index (χ4v) is 5.41. The summed E-state index contributed by atoms with van der Waals surface area (Å²) in [4.78, 5) is 59.1. The van der Waals surface area contributed by atoms with E-state index >= 15 is 0 Å². The molecule has 0 fully saturated rings. The first-order valence-electron chi connectivity index (χ1n) is 18.6. The van der Waals surface area contributed by atoms with Crippen molar-refractivity contribution in [3.8, 4) is 0 Å². The Morgan fingerprint density at radius 3 is 1.54 bits per heavy atom. The van der Waals surface area contributed by atoms with Gasteiger partial charge >= 0.3 is 42.7 Å². The molecule has 0 aliphatic carbocycles. The molecule has 0 radical (unpaired) electrons. The number of nitrogens with one attached hydrogen (secondary N) is 1. The van der Waals surface area contributed by atoms with Crippen molar-refractivity contribution in [1.29, 1.82) is 0 Å².